The Kier molecular flexibility index (Phi) is 5.96. The Morgan fingerprint density at radius 1 is 1.18 bits per heavy atom. The maximum Gasteiger partial charge on any atom is 0.254 e. The molecule has 3 aromatic rings. The molecule has 0 fully saturated rings. The van der Waals surface area contributed by atoms with Gasteiger partial charge in [-0.15, -0.1) is 0 Å². The van der Waals surface area contributed by atoms with Crippen LogP contribution in [0.15, 0.2) is 65.3 Å². The quantitative estimate of drug-likeness (QED) is 0.607. The van der Waals surface area contributed by atoms with Gasteiger partial charge in [0.15, 0.2) is 0 Å². The highest BCUT2D eigenvalue weighted by atomic mass is 79.9. The summed E-state index contributed by atoms with van der Waals surface area (Å²) in [5.74, 6) is -1.47. The van der Waals surface area contributed by atoms with E-state index in [2.05, 4.69) is 26.2 Å². The van der Waals surface area contributed by atoms with Crippen LogP contribution in [0.5, 0.6) is 11.6 Å². The van der Waals surface area contributed by atoms with Crippen molar-refractivity contribution in [3.8, 4) is 17.7 Å². The van der Waals surface area contributed by atoms with Gasteiger partial charge in [-0.2, -0.15) is 5.26 Å². The first-order valence-corrected chi connectivity index (χ1v) is 8.80. The number of hydrogen-bond donors (Lipinski definition) is 1. The van der Waals surface area contributed by atoms with E-state index in [1.54, 1.807) is 24.3 Å². The lowest BCUT2D eigenvalue weighted by atomic mass is 10.1. The van der Waals surface area contributed by atoms with Crippen molar-refractivity contribution in [1.82, 2.24) is 10.3 Å². The van der Waals surface area contributed by atoms with Gasteiger partial charge in [0, 0.05) is 28.4 Å². The molecule has 1 heterocycles. The van der Waals surface area contributed by atoms with E-state index < -0.39 is 23.6 Å². The van der Waals surface area contributed by atoms with E-state index in [4.69, 9.17) is 4.74 Å². The van der Waals surface area contributed by atoms with Crippen molar-refractivity contribution in [3.05, 3.63) is 88.0 Å². The van der Waals surface area contributed by atoms with Gasteiger partial charge < -0.3 is 10.1 Å². The maximum absolute atomic E-state index is 13.9. The number of halogens is 3. The van der Waals surface area contributed by atoms with Gasteiger partial charge in [0.2, 0.25) is 5.88 Å². The number of nitrogens with zero attached hydrogens (tertiary/aromatic N) is 2. The monoisotopic (exact) mass is 443 g/mol. The third-order valence-electron chi connectivity index (χ3n) is 3.70. The van der Waals surface area contributed by atoms with Crippen LogP contribution < -0.4 is 10.1 Å². The lowest BCUT2D eigenvalue weighted by molar-refractivity contribution is 0.0944. The second-order valence-corrected chi connectivity index (χ2v) is 6.56. The molecular formula is C20H12BrF2N3O2. The van der Waals surface area contributed by atoms with E-state index in [-0.39, 0.29) is 17.0 Å². The molecule has 3 rings (SSSR count). The van der Waals surface area contributed by atoms with E-state index in [9.17, 15) is 18.8 Å². The molecule has 1 N–H and O–H groups in total. The maximum atomic E-state index is 13.9. The van der Waals surface area contributed by atoms with Gasteiger partial charge in [0.25, 0.3) is 5.91 Å². The first-order valence-electron chi connectivity index (χ1n) is 8.01. The Balaban J connectivity index is 1.71. The van der Waals surface area contributed by atoms with Gasteiger partial charge >= 0.3 is 0 Å². The smallest absolute Gasteiger partial charge is 0.254 e. The molecule has 1 aromatic heterocycles. The second-order valence-electron chi connectivity index (χ2n) is 5.65. The number of rotatable bonds is 5. The fourth-order valence-corrected chi connectivity index (χ4v) is 2.73. The highest BCUT2D eigenvalue weighted by Crippen LogP contribution is 2.23. The minimum atomic E-state index is -1.27. The van der Waals surface area contributed by atoms with Crippen LogP contribution in [-0.2, 0) is 0 Å². The summed E-state index contributed by atoms with van der Waals surface area (Å²) in [6, 6.07) is 13.4. The van der Waals surface area contributed by atoms with Crippen molar-refractivity contribution < 1.29 is 18.3 Å². The normalized spacial score (nSPS) is 11.4. The molecule has 1 atom stereocenters. The van der Waals surface area contributed by atoms with Gasteiger partial charge in [-0.05, 0) is 30.3 Å². The zero-order chi connectivity index (χ0) is 20.1. The molecule has 8 heteroatoms. The number of benzene rings is 2. The summed E-state index contributed by atoms with van der Waals surface area (Å²) in [5.41, 5.74) is 0.0316. The Morgan fingerprint density at radius 3 is 2.64 bits per heavy atom. The molecule has 0 spiro atoms. The van der Waals surface area contributed by atoms with Crippen molar-refractivity contribution in [2.75, 3.05) is 0 Å². The first kappa shape index (κ1) is 19.5. The number of carbonyl (C=O) groups is 1. The number of amides is 1. The van der Waals surface area contributed by atoms with E-state index in [0.29, 0.717) is 11.8 Å². The number of nitriles is 1. The van der Waals surface area contributed by atoms with Crippen LogP contribution in [0.1, 0.15) is 22.0 Å². The molecule has 0 aliphatic heterocycles. The SMILES string of the molecule is N#CC(NC(=O)c1ccc(Oc2cccc(Br)c2)nc1)c1ccc(F)cc1F. The minimum absolute atomic E-state index is 0.125. The topological polar surface area (TPSA) is 75.0 Å². The van der Waals surface area contributed by atoms with Crippen LogP contribution in [0.25, 0.3) is 0 Å². The van der Waals surface area contributed by atoms with Crippen LogP contribution in [0, 0.1) is 23.0 Å². The average Bonchev–Trinajstić information content (AvgIpc) is 2.67. The summed E-state index contributed by atoms with van der Waals surface area (Å²) in [4.78, 5) is 16.4. The molecule has 28 heavy (non-hydrogen) atoms. The number of aromatic nitrogens is 1. The second kappa shape index (κ2) is 8.59. The highest BCUT2D eigenvalue weighted by Gasteiger charge is 2.19. The summed E-state index contributed by atoms with van der Waals surface area (Å²) < 4.78 is 33.3. The van der Waals surface area contributed by atoms with E-state index in [0.717, 1.165) is 16.6 Å². The van der Waals surface area contributed by atoms with Crippen LogP contribution in [0.3, 0.4) is 0 Å². The van der Waals surface area contributed by atoms with E-state index in [1.807, 2.05) is 6.07 Å². The minimum Gasteiger partial charge on any atom is -0.439 e. The van der Waals surface area contributed by atoms with Crippen molar-refractivity contribution in [2.45, 2.75) is 6.04 Å². The molecule has 0 aliphatic carbocycles. The van der Waals surface area contributed by atoms with Crippen LogP contribution in [0.2, 0.25) is 0 Å². The lowest BCUT2D eigenvalue weighted by Crippen LogP contribution is -2.28. The number of hydrogen-bond acceptors (Lipinski definition) is 4. The third kappa shape index (κ3) is 4.69. The zero-order valence-electron chi connectivity index (χ0n) is 14.2. The molecular weight excluding hydrogens is 432 g/mol. The molecule has 0 saturated carbocycles. The summed E-state index contributed by atoms with van der Waals surface area (Å²) in [7, 11) is 0. The predicted molar refractivity (Wildman–Crippen MR) is 101 cm³/mol. The first-order chi connectivity index (χ1) is 13.5. The Morgan fingerprint density at radius 2 is 2.00 bits per heavy atom. The predicted octanol–water partition coefficient (Wildman–Crippen LogP) is 4.91. The molecule has 1 unspecified atom stereocenters. The average molecular weight is 444 g/mol. The molecule has 0 aliphatic rings. The largest absolute Gasteiger partial charge is 0.439 e. The lowest BCUT2D eigenvalue weighted by Gasteiger charge is -2.13. The zero-order valence-corrected chi connectivity index (χ0v) is 15.8. The molecule has 2 aromatic carbocycles. The fraction of sp³-hybridized carbons (Fsp3) is 0.0500. The van der Waals surface area contributed by atoms with Crippen molar-refractivity contribution >= 4 is 21.8 Å². The number of ether oxygens (including phenoxy) is 1. The van der Waals surface area contributed by atoms with E-state index >= 15 is 0 Å². The molecule has 140 valence electrons. The Bertz CT molecular complexity index is 1050. The van der Waals surface area contributed by atoms with Gasteiger partial charge in [-0.1, -0.05) is 28.1 Å². The Labute approximate surface area is 167 Å². The van der Waals surface area contributed by atoms with Crippen molar-refractivity contribution in [2.24, 2.45) is 0 Å². The van der Waals surface area contributed by atoms with Crippen LogP contribution in [-0.4, -0.2) is 10.9 Å². The molecule has 0 radical (unpaired) electrons. The summed E-state index contributed by atoms with van der Waals surface area (Å²) in [6.07, 6.45) is 1.28. The third-order valence-corrected chi connectivity index (χ3v) is 4.19. The van der Waals surface area contributed by atoms with Gasteiger partial charge in [0.05, 0.1) is 11.6 Å². The van der Waals surface area contributed by atoms with E-state index in [1.165, 1.54) is 18.3 Å². The van der Waals surface area contributed by atoms with Crippen LogP contribution in [0.4, 0.5) is 8.78 Å². The number of pyridine rings is 1. The summed E-state index contributed by atoms with van der Waals surface area (Å²) >= 11 is 3.34. The summed E-state index contributed by atoms with van der Waals surface area (Å²) in [6.45, 7) is 0. The Hall–Kier alpha value is -3.31. The summed E-state index contributed by atoms with van der Waals surface area (Å²) in [5, 5.41) is 11.6. The molecule has 1 amide bonds. The molecule has 0 bridgehead atoms. The molecule has 0 saturated heterocycles. The van der Waals surface area contributed by atoms with Gasteiger partial charge in [-0.25, -0.2) is 13.8 Å². The number of carbonyl (C=O) groups excluding carboxylic acids is 1. The van der Waals surface area contributed by atoms with Gasteiger partial charge in [-0.3, -0.25) is 4.79 Å². The molecule has 5 nitrogen and oxygen atoms in total. The standard InChI is InChI=1S/C20H12BrF2N3O2/c21-13-2-1-3-15(8-13)28-19-7-4-12(11-25-19)20(27)26-18(10-24)16-6-5-14(22)9-17(16)23/h1-9,11,18H,(H,26,27). The van der Waals surface area contributed by atoms with Crippen molar-refractivity contribution in [1.29, 1.82) is 5.26 Å². The van der Waals surface area contributed by atoms with Crippen LogP contribution >= 0.6 is 15.9 Å². The highest BCUT2D eigenvalue weighted by molar-refractivity contribution is 9.10. The van der Waals surface area contributed by atoms with Gasteiger partial charge in [0.1, 0.15) is 23.4 Å². The fourth-order valence-electron chi connectivity index (χ4n) is 2.36. The number of nitrogens with one attached hydrogen (secondary N) is 1. The van der Waals surface area contributed by atoms with Crippen molar-refractivity contribution in [3.63, 3.8) is 0 Å².